The molecule has 0 saturated carbocycles. The highest BCUT2D eigenvalue weighted by Gasteiger charge is 2.20. The number of hydrazone groups is 1. The molecule has 5 heteroatoms. The Bertz CT molecular complexity index is 1490. The second kappa shape index (κ2) is 10.4. The van der Waals surface area contributed by atoms with E-state index in [1.165, 1.54) is 5.56 Å². The number of aryl methyl sites for hydroxylation is 1. The minimum absolute atomic E-state index is 0.161. The van der Waals surface area contributed by atoms with E-state index in [1.54, 1.807) is 12.3 Å². The van der Waals surface area contributed by atoms with Crippen LogP contribution in [0.4, 0.5) is 0 Å². The molecule has 172 valence electrons. The molecule has 0 fully saturated rings. The molecule has 0 atom stereocenters. The van der Waals surface area contributed by atoms with Gasteiger partial charge in [0, 0.05) is 40.0 Å². The van der Waals surface area contributed by atoms with Crippen LogP contribution < -0.4 is 5.43 Å². The summed E-state index contributed by atoms with van der Waals surface area (Å²) in [6.45, 7) is 0.519. The SMILES string of the molecule is O=C(CCn1c(-c2ccccc2)c(-c2ccccc2)c2ccccc21)NN=Cc1ccccc1Cl. The topological polar surface area (TPSA) is 46.4 Å². The fraction of sp³-hybridized carbons (Fsp3) is 0.0667. The predicted octanol–water partition coefficient (Wildman–Crippen LogP) is 7.17. The molecule has 0 radical (unpaired) electrons. The van der Waals surface area contributed by atoms with Gasteiger partial charge in [-0.1, -0.05) is 109 Å². The number of hydrogen-bond donors (Lipinski definition) is 1. The fourth-order valence-electron chi connectivity index (χ4n) is 4.35. The number of aromatic nitrogens is 1. The molecule has 5 rings (SSSR count). The summed E-state index contributed by atoms with van der Waals surface area (Å²) in [6.07, 6.45) is 1.85. The molecular formula is C30H24ClN3O. The molecule has 4 nitrogen and oxygen atoms in total. The molecule has 1 heterocycles. The number of rotatable bonds is 7. The van der Waals surface area contributed by atoms with Crippen molar-refractivity contribution in [1.29, 1.82) is 0 Å². The lowest BCUT2D eigenvalue weighted by molar-refractivity contribution is -0.121. The summed E-state index contributed by atoms with van der Waals surface area (Å²) >= 11 is 6.16. The van der Waals surface area contributed by atoms with Crippen molar-refractivity contribution in [3.63, 3.8) is 0 Å². The van der Waals surface area contributed by atoms with Crippen molar-refractivity contribution in [2.75, 3.05) is 0 Å². The van der Waals surface area contributed by atoms with Crippen molar-refractivity contribution in [2.45, 2.75) is 13.0 Å². The van der Waals surface area contributed by atoms with E-state index in [4.69, 9.17) is 11.6 Å². The molecule has 1 amide bonds. The number of halogens is 1. The Morgan fingerprint density at radius 2 is 1.43 bits per heavy atom. The number of nitrogens with zero attached hydrogens (tertiary/aromatic N) is 2. The van der Waals surface area contributed by atoms with Gasteiger partial charge in [0.05, 0.1) is 11.9 Å². The second-order valence-corrected chi connectivity index (χ2v) is 8.60. The number of fused-ring (bicyclic) bond motifs is 1. The van der Waals surface area contributed by atoms with Gasteiger partial charge in [0.25, 0.3) is 0 Å². The minimum atomic E-state index is -0.161. The third-order valence-electron chi connectivity index (χ3n) is 5.94. The summed E-state index contributed by atoms with van der Waals surface area (Å²) in [5.74, 6) is -0.161. The van der Waals surface area contributed by atoms with Crippen LogP contribution in [0.3, 0.4) is 0 Å². The number of carbonyl (C=O) groups excluding carboxylic acids is 1. The van der Waals surface area contributed by atoms with Gasteiger partial charge in [-0.05, 0) is 23.3 Å². The van der Waals surface area contributed by atoms with Crippen LogP contribution in [-0.2, 0) is 11.3 Å². The summed E-state index contributed by atoms with van der Waals surface area (Å²) in [5, 5.41) is 5.84. The predicted molar refractivity (Wildman–Crippen MR) is 145 cm³/mol. The van der Waals surface area contributed by atoms with Gasteiger partial charge in [0.1, 0.15) is 0 Å². The molecule has 0 unspecified atom stereocenters. The van der Waals surface area contributed by atoms with Gasteiger partial charge in [-0.3, -0.25) is 4.79 Å². The van der Waals surface area contributed by atoms with Gasteiger partial charge < -0.3 is 4.57 Å². The van der Waals surface area contributed by atoms with Gasteiger partial charge in [0.15, 0.2) is 0 Å². The van der Waals surface area contributed by atoms with Crippen LogP contribution in [0.5, 0.6) is 0 Å². The quantitative estimate of drug-likeness (QED) is 0.196. The summed E-state index contributed by atoms with van der Waals surface area (Å²) < 4.78 is 2.24. The van der Waals surface area contributed by atoms with Crippen molar-refractivity contribution in [3.8, 4) is 22.4 Å². The summed E-state index contributed by atoms with van der Waals surface area (Å²) in [6, 6.07) is 36.5. The Morgan fingerprint density at radius 3 is 2.17 bits per heavy atom. The number of benzene rings is 4. The van der Waals surface area contributed by atoms with Crippen molar-refractivity contribution < 1.29 is 4.79 Å². The van der Waals surface area contributed by atoms with Crippen LogP contribution in [-0.4, -0.2) is 16.7 Å². The van der Waals surface area contributed by atoms with Crippen molar-refractivity contribution >= 4 is 34.6 Å². The molecule has 1 aromatic heterocycles. The van der Waals surface area contributed by atoms with E-state index in [9.17, 15) is 4.79 Å². The summed E-state index contributed by atoms with van der Waals surface area (Å²) in [7, 11) is 0. The largest absolute Gasteiger partial charge is 0.339 e. The van der Waals surface area contributed by atoms with Crippen LogP contribution in [0.1, 0.15) is 12.0 Å². The Labute approximate surface area is 209 Å². The van der Waals surface area contributed by atoms with E-state index in [-0.39, 0.29) is 12.3 Å². The lowest BCUT2D eigenvalue weighted by atomic mass is 9.98. The first-order valence-corrected chi connectivity index (χ1v) is 11.9. The van der Waals surface area contributed by atoms with E-state index in [0.717, 1.165) is 33.3 Å². The average molecular weight is 478 g/mol. The number of carbonyl (C=O) groups is 1. The third kappa shape index (κ3) is 4.88. The van der Waals surface area contributed by atoms with Gasteiger partial charge in [-0.2, -0.15) is 5.10 Å². The fourth-order valence-corrected chi connectivity index (χ4v) is 4.54. The molecule has 5 aromatic rings. The van der Waals surface area contributed by atoms with E-state index >= 15 is 0 Å². The zero-order chi connectivity index (χ0) is 24.0. The molecule has 0 spiro atoms. The minimum Gasteiger partial charge on any atom is -0.339 e. The maximum atomic E-state index is 12.7. The second-order valence-electron chi connectivity index (χ2n) is 8.19. The number of hydrogen-bond acceptors (Lipinski definition) is 2. The summed E-state index contributed by atoms with van der Waals surface area (Å²) in [5.41, 5.74) is 9.01. The van der Waals surface area contributed by atoms with Gasteiger partial charge in [-0.25, -0.2) is 5.43 Å². The van der Waals surface area contributed by atoms with E-state index < -0.39 is 0 Å². The highest BCUT2D eigenvalue weighted by molar-refractivity contribution is 6.33. The molecule has 1 N–H and O–H groups in total. The zero-order valence-electron chi connectivity index (χ0n) is 19.1. The zero-order valence-corrected chi connectivity index (χ0v) is 19.8. The highest BCUT2D eigenvalue weighted by Crippen LogP contribution is 2.40. The molecule has 0 aliphatic heterocycles. The maximum Gasteiger partial charge on any atom is 0.241 e. The maximum absolute atomic E-state index is 12.7. The van der Waals surface area contributed by atoms with Crippen molar-refractivity contribution in [3.05, 3.63) is 120 Å². The molecule has 0 aliphatic rings. The normalized spacial score (nSPS) is 11.2. The molecule has 35 heavy (non-hydrogen) atoms. The summed E-state index contributed by atoms with van der Waals surface area (Å²) in [4.78, 5) is 12.7. The third-order valence-corrected chi connectivity index (χ3v) is 6.29. The Morgan fingerprint density at radius 1 is 0.800 bits per heavy atom. The van der Waals surface area contributed by atoms with Crippen LogP contribution in [0.15, 0.2) is 114 Å². The van der Waals surface area contributed by atoms with Crippen molar-refractivity contribution in [1.82, 2.24) is 9.99 Å². The van der Waals surface area contributed by atoms with Gasteiger partial charge in [0.2, 0.25) is 5.91 Å². The first-order chi connectivity index (χ1) is 17.2. The molecule has 0 aliphatic carbocycles. The number of para-hydroxylation sites is 1. The molecule has 4 aromatic carbocycles. The van der Waals surface area contributed by atoms with E-state index in [1.807, 2.05) is 48.5 Å². The molecular weight excluding hydrogens is 454 g/mol. The lowest BCUT2D eigenvalue weighted by Crippen LogP contribution is -2.19. The molecule has 0 saturated heterocycles. The van der Waals surface area contributed by atoms with Gasteiger partial charge in [-0.15, -0.1) is 0 Å². The van der Waals surface area contributed by atoms with Crippen molar-refractivity contribution in [2.24, 2.45) is 5.10 Å². The average Bonchev–Trinajstić information content (AvgIpc) is 3.24. The van der Waals surface area contributed by atoms with Crippen LogP contribution in [0, 0.1) is 0 Å². The van der Waals surface area contributed by atoms with Crippen LogP contribution in [0.2, 0.25) is 5.02 Å². The van der Waals surface area contributed by atoms with E-state index in [2.05, 4.69) is 69.7 Å². The molecule has 0 bridgehead atoms. The Hall–Kier alpha value is -4.15. The number of amides is 1. The van der Waals surface area contributed by atoms with Crippen LogP contribution in [0.25, 0.3) is 33.3 Å². The first-order valence-electron chi connectivity index (χ1n) is 11.5. The Balaban J connectivity index is 1.48. The van der Waals surface area contributed by atoms with Crippen LogP contribution >= 0.6 is 11.6 Å². The lowest BCUT2D eigenvalue weighted by Gasteiger charge is -2.13. The first kappa shape index (κ1) is 22.6. The Kier molecular flexibility index (Phi) is 6.73. The standard InChI is InChI=1S/C30H24ClN3O/c31-26-17-9-7-15-24(26)21-32-33-28(35)19-20-34-27-18-10-8-16-25(27)29(22-11-3-1-4-12-22)30(34)23-13-5-2-6-14-23/h1-18,21H,19-20H2,(H,33,35). The number of nitrogens with one attached hydrogen (secondary N) is 1. The monoisotopic (exact) mass is 477 g/mol. The highest BCUT2D eigenvalue weighted by atomic mass is 35.5. The smallest absolute Gasteiger partial charge is 0.241 e. The van der Waals surface area contributed by atoms with Gasteiger partial charge >= 0.3 is 0 Å². The van der Waals surface area contributed by atoms with E-state index in [0.29, 0.717) is 11.6 Å².